The van der Waals surface area contributed by atoms with Crippen LogP contribution in [0.4, 0.5) is 11.4 Å². The number of nitrogens with two attached hydrogens (primary N) is 1. The van der Waals surface area contributed by atoms with Crippen LogP contribution in [0.15, 0.2) is 48.5 Å². The van der Waals surface area contributed by atoms with Crippen LogP contribution in [0, 0.1) is 0 Å². The smallest absolute Gasteiger partial charge is 0.253 e. The van der Waals surface area contributed by atoms with Gasteiger partial charge in [0.25, 0.3) is 5.91 Å². The topological polar surface area (TPSA) is 84.7 Å². The van der Waals surface area contributed by atoms with Gasteiger partial charge in [-0.15, -0.1) is 0 Å². The number of fused-ring (bicyclic) bond motifs is 1. The maximum absolute atomic E-state index is 12.7. The summed E-state index contributed by atoms with van der Waals surface area (Å²) in [4.78, 5) is 26.9. The minimum Gasteiger partial charge on any atom is -0.364 e. The average molecular weight is 379 g/mol. The molecule has 0 radical (unpaired) electrons. The molecule has 2 aliphatic heterocycles. The highest BCUT2D eigenvalue weighted by atomic mass is 16.5. The lowest BCUT2D eigenvalue weighted by Crippen LogP contribution is -2.30. The number of carbonyl (C=O) groups excluding carboxylic acids is 2. The third-order valence-corrected chi connectivity index (χ3v) is 5.43. The van der Waals surface area contributed by atoms with Crippen LogP contribution in [0.25, 0.3) is 0 Å². The van der Waals surface area contributed by atoms with Gasteiger partial charge >= 0.3 is 0 Å². The SMILES string of the molecule is NC[C@H]1CC[C@@H](C(=O)Nc2ccc(CC(=O)N3CCc4ccccc43)cc2)O1. The number of benzene rings is 2. The Kier molecular flexibility index (Phi) is 5.41. The van der Waals surface area contributed by atoms with Crippen molar-refractivity contribution in [2.24, 2.45) is 5.73 Å². The number of amides is 2. The van der Waals surface area contributed by atoms with Gasteiger partial charge in [-0.1, -0.05) is 30.3 Å². The molecular formula is C22H25N3O3. The summed E-state index contributed by atoms with van der Waals surface area (Å²) in [6.07, 6.45) is 2.28. The van der Waals surface area contributed by atoms with Crippen LogP contribution in [0.1, 0.15) is 24.0 Å². The van der Waals surface area contributed by atoms with E-state index in [-0.39, 0.29) is 17.9 Å². The van der Waals surface area contributed by atoms with Gasteiger partial charge in [0.2, 0.25) is 5.91 Å². The number of anilines is 2. The minimum atomic E-state index is -0.440. The molecule has 2 aliphatic rings. The molecule has 2 aromatic rings. The van der Waals surface area contributed by atoms with E-state index in [9.17, 15) is 9.59 Å². The highest BCUT2D eigenvalue weighted by Gasteiger charge is 2.30. The lowest BCUT2D eigenvalue weighted by Gasteiger charge is -2.17. The maximum atomic E-state index is 12.7. The first kappa shape index (κ1) is 18.7. The van der Waals surface area contributed by atoms with Gasteiger partial charge in [-0.05, 0) is 48.6 Å². The van der Waals surface area contributed by atoms with Crippen molar-refractivity contribution in [1.29, 1.82) is 0 Å². The van der Waals surface area contributed by atoms with Crippen LogP contribution in [-0.2, 0) is 27.2 Å². The summed E-state index contributed by atoms with van der Waals surface area (Å²) < 4.78 is 5.62. The monoisotopic (exact) mass is 379 g/mol. The van der Waals surface area contributed by atoms with E-state index in [1.807, 2.05) is 47.4 Å². The molecule has 0 unspecified atom stereocenters. The molecule has 146 valence electrons. The van der Waals surface area contributed by atoms with Crippen LogP contribution in [0.3, 0.4) is 0 Å². The van der Waals surface area contributed by atoms with Crippen molar-refractivity contribution in [3.8, 4) is 0 Å². The van der Waals surface area contributed by atoms with Crippen LogP contribution >= 0.6 is 0 Å². The third kappa shape index (κ3) is 3.93. The summed E-state index contributed by atoms with van der Waals surface area (Å²) in [5.41, 5.74) is 9.45. The van der Waals surface area contributed by atoms with E-state index < -0.39 is 6.10 Å². The summed E-state index contributed by atoms with van der Waals surface area (Å²) in [7, 11) is 0. The zero-order valence-electron chi connectivity index (χ0n) is 15.8. The fourth-order valence-electron chi connectivity index (χ4n) is 3.87. The fraction of sp³-hybridized carbons (Fsp3) is 0.364. The second kappa shape index (κ2) is 8.12. The Bertz CT molecular complexity index is 866. The first-order chi connectivity index (χ1) is 13.6. The normalized spacial score (nSPS) is 20.8. The molecule has 0 bridgehead atoms. The lowest BCUT2D eigenvalue weighted by molar-refractivity contribution is -0.126. The molecule has 2 amide bonds. The van der Waals surface area contributed by atoms with E-state index in [0.29, 0.717) is 25.1 Å². The Hall–Kier alpha value is -2.70. The predicted molar refractivity (Wildman–Crippen MR) is 108 cm³/mol. The van der Waals surface area contributed by atoms with Gasteiger partial charge in [0.15, 0.2) is 0 Å². The van der Waals surface area contributed by atoms with Crippen molar-refractivity contribution >= 4 is 23.2 Å². The summed E-state index contributed by atoms with van der Waals surface area (Å²) >= 11 is 0. The molecule has 1 saturated heterocycles. The minimum absolute atomic E-state index is 0.0279. The van der Waals surface area contributed by atoms with Gasteiger partial charge in [-0.3, -0.25) is 9.59 Å². The highest BCUT2D eigenvalue weighted by molar-refractivity contribution is 5.97. The molecule has 0 aromatic heterocycles. The molecule has 2 heterocycles. The Balaban J connectivity index is 1.34. The molecule has 6 heteroatoms. The van der Waals surface area contributed by atoms with E-state index in [1.54, 1.807) is 0 Å². The molecule has 3 N–H and O–H groups in total. The van der Waals surface area contributed by atoms with Gasteiger partial charge in [-0.2, -0.15) is 0 Å². The predicted octanol–water partition coefficient (Wildman–Crippen LogP) is 2.26. The zero-order valence-corrected chi connectivity index (χ0v) is 15.8. The molecule has 0 saturated carbocycles. The van der Waals surface area contributed by atoms with Crippen LogP contribution in [0.5, 0.6) is 0 Å². The van der Waals surface area contributed by atoms with E-state index >= 15 is 0 Å². The maximum Gasteiger partial charge on any atom is 0.253 e. The molecule has 1 fully saturated rings. The molecular weight excluding hydrogens is 354 g/mol. The summed E-state index contributed by atoms with van der Waals surface area (Å²) in [5.74, 6) is -0.0534. The molecule has 2 aromatic carbocycles. The van der Waals surface area contributed by atoms with Crippen LogP contribution in [-0.4, -0.2) is 37.1 Å². The van der Waals surface area contributed by atoms with Crippen molar-refractivity contribution in [2.45, 2.75) is 37.9 Å². The van der Waals surface area contributed by atoms with E-state index in [2.05, 4.69) is 11.4 Å². The number of nitrogens with zero attached hydrogens (tertiary/aromatic N) is 1. The van der Waals surface area contributed by atoms with Crippen LogP contribution < -0.4 is 16.0 Å². The van der Waals surface area contributed by atoms with Gasteiger partial charge < -0.3 is 20.7 Å². The molecule has 4 rings (SSSR count). The Morgan fingerprint density at radius 2 is 1.89 bits per heavy atom. The summed E-state index contributed by atoms with van der Waals surface area (Å²) in [5, 5.41) is 2.88. The Morgan fingerprint density at radius 3 is 2.64 bits per heavy atom. The van der Waals surface area contributed by atoms with Gasteiger partial charge in [-0.25, -0.2) is 0 Å². The number of rotatable bonds is 5. The number of hydrogen-bond acceptors (Lipinski definition) is 4. The summed E-state index contributed by atoms with van der Waals surface area (Å²) in [6, 6.07) is 15.5. The second-order valence-electron chi connectivity index (χ2n) is 7.35. The molecule has 0 aliphatic carbocycles. The molecule has 0 spiro atoms. The largest absolute Gasteiger partial charge is 0.364 e. The van der Waals surface area contributed by atoms with Gasteiger partial charge in [0, 0.05) is 24.5 Å². The first-order valence-electron chi connectivity index (χ1n) is 9.77. The fourth-order valence-corrected chi connectivity index (χ4v) is 3.87. The Morgan fingerprint density at radius 1 is 1.11 bits per heavy atom. The summed E-state index contributed by atoms with van der Waals surface area (Å²) in [6.45, 7) is 1.17. The van der Waals surface area contributed by atoms with E-state index in [0.717, 1.165) is 30.6 Å². The zero-order chi connectivity index (χ0) is 19.5. The van der Waals surface area contributed by atoms with Crippen LogP contribution in [0.2, 0.25) is 0 Å². The molecule has 2 atom stereocenters. The lowest BCUT2D eigenvalue weighted by atomic mass is 10.1. The number of nitrogens with one attached hydrogen (secondary N) is 1. The van der Waals surface area contributed by atoms with E-state index in [1.165, 1.54) is 5.56 Å². The Labute approximate surface area is 164 Å². The van der Waals surface area contributed by atoms with Crippen molar-refractivity contribution < 1.29 is 14.3 Å². The second-order valence-corrected chi connectivity index (χ2v) is 7.35. The van der Waals surface area contributed by atoms with Crippen molar-refractivity contribution in [3.63, 3.8) is 0 Å². The highest BCUT2D eigenvalue weighted by Crippen LogP contribution is 2.28. The third-order valence-electron chi connectivity index (χ3n) is 5.43. The quantitative estimate of drug-likeness (QED) is 0.835. The average Bonchev–Trinajstić information content (AvgIpc) is 3.36. The number of ether oxygens (including phenoxy) is 1. The first-order valence-corrected chi connectivity index (χ1v) is 9.77. The van der Waals surface area contributed by atoms with Crippen molar-refractivity contribution in [1.82, 2.24) is 0 Å². The van der Waals surface area contributed by atoms with Gasteiger partial charge in [0.05, 0.1) is 12.5 Å². The number of para-hydroxylation sites is 1. The number of hydrogen-bond donors (Lipinski definition) is 2. The molecule has 6 nitrogen and oxygen atoms in total. The standard InChI is InChI=1S/C22H25N3O3/c23-14-18-9-10-20(28-18)22(27)24-17-7-5-15(6-8-17)13-21(26)25-12-11-16-3-1-2-4-19(16)25/h1-8,18,20H,9-14,23H2,(H,24,27)/t18-,20+/m1/s1. The van der Waals surface area contributed by atoms with Crippen molar-refractivity contribution in [2.75, 3.05) is 23.3 Å². The van der Waals surface area contributed by atoms with Crippen molar-refractivity contribution in [3.05, 3.63) is 59.7 Å². The van der Waals surface area contributed by atoms with E-state index in [4.69, 9.17) is 10.5 Å². The van der Waals surface area contributed by atoms with Gasteiger partial charge in [0.1, 0.15) is 6.10 Å². The number of carbonyl (C=O) groups is 2. The molecule has 28 heavy (non-hydrogen) atoms.